The second-order valence-electron chi connectivity index (χ2n) is 4.22. The smallest absolute Gasteiger partial charge is 0.263 e. The SMILES string of the molecule is O=c1[nH]c(-c2ccc(Br)o2)nc(O)c1-c1ccc(F)cc1. The van der Waals surface area contributed by atoms with E-state index in [1.807, 2.05) is 0 Å². The summed E-state index contributed by atoms with van der Waals surface area (Å²) in [5, 5.41) is 9.98. The van der Waals surface area contributed by atoms with Gasteiger partial charge in [0.15, 0.2) is 16.3 Å². The topological polar surface area (TPSA) is 79.1 Å². The summed E-state index contributed by atoms with van der Waals surface area (Å²) in [7, 11) is 0. The average molecular weight is 351 g/mol. The maximum absolute atomic E-state index is 12.9. The van der Waals surface area contributed by atoms with E-state index in [0.717, 1.165) is 0 Å². The molecular formula is C14H8BrFN2O3. The number of aromatic nitrogens is 2. The normalized spacial score (nSPS) is 10.8. The fourth-order valence-electron chi connectivity index (χ4n) is 1.90. The second-order valence-corrected chi connectivity index (χ2v) is 5.01. The number of benzene rings is 1. The van der Waals surface area contributed by atoms with E-state index in [1.54, 1.807) is 12.1 Å². The molecule has 0 unspecified atom stereocenters. The monoisotopic (exact) mass is 350 g/mol. The molecule has 0 saturated heterocycles. The van der Waals surface area contributed by atoms with Gasteiger partial charge in [0.05, 0.1) is 0 Å². The van der Waals surface area contributed by atoms with Crippen LogP contribution in [0.1, 0.15) is 0 Å². The minimum Gasteiger partial charge on any atom is -0.493 e. The van der Waals surface area contributed by atoms with Gasteiger partial charge in [0.1, 0.15) is 11.4 Å². The molecule has 0 saturated carbocycles. The molecule has 1 aromatic carbocycles. The standard InChI is InChI=1S/C14H8BrFN2O3/c15-10-6-5-9(21-10)12-17-13(19)11(14(20)18-12)7-1-3-8(16)4-2-7/h1-6H,(H2,17,18,19,20). The van der Waals surface area contributed by atoms with Crippen molar-refractivity contribution in [3.05, 3.63) is 57.2 Å². The molecule has 0 aliphatic rings. The predicted octanol–water partition coefficient (Wildman–Crippen LogP) is 3.30. The second kappa shape index (κ2) is 5.17. The Balaban J connectivity index is 2.12. The van der Waals surface area contributed by atoms with Gasteiger partial charge in [-0.1, -0.05) is 12.1 Å². The Kier molecular flexibility index (Phi) is 3.34. The molecule has 0 aliphatic heterocycles. The van der Waals surface area contributed by atoms with Crippen molar-refractivity contribution < 1.29 is 13.9 Å². The molecule has 7 heteroatoms. The zero-order valence-electron chi connectivity index (χ0n) is 10.4. The summed E-state index contributed by atoms with van der Waals surface area (Å²) in [5.74, 6) is -0.471. The lowest BCUT2D eigenvalue weighted by Gasteiger charge is -2.04. The number of nitrogens with one attached hydrogen (secondary N) is 1. The highest BCUT2D eigenvalue weighted by Gasteiger charge is 2.15. The lowest BCUT2D eigenvalue weighted by molar-refractivity contribution is 0.452. The van der Waals surface area contributed by atoms with E-state index in [0.29, 0.717) is 16.0 Å². The van der Waals surface area contributed by atoms with Crippen LogP contribution in [-0.2, 0) is 0 Å². The Morgan fingerprint density at radius 1 is 1.19 bits per heavy atom. The van der Waals surface area contributed by atoms with Crippen LogP contribution in [0.15, 0.2) is 50.3 Å². The third-order valence-corrected chi connectivity index (χ3v) is 3.27. The highest BCUT2D eigenvalue weighted by molar-refractivity contribution is 9.10. The molecule has 2 aromatic heterocycles. The lowest BCUT2D eigenvalue weighted by atomic mass is 10.1. The van der Waals surface area contributed by atoms with E-state index in [9.17, 15) is 14.3 Å². The van der Waals surface area contributed by atoms with Crippen LogP contribution in [0, 0.1) is 5.82 Å². The maximum atomic E-state index is 12.9. The van der Waals surface area contributed by atoms with Gasteiger partial charge in [-0.2, -0.15) is 4.98 Å². The average Bonchev–Trinajstić information content (AvgIpc) is 2.87. The van der Waals surface area contributed by atoms with Crippen LogP contribution >= 0.6 is 15.9 Å². The molecule has 2 N–H and O–H groups in total. The summed E-state index contributed by atoms with van der Waals surface area (Å²) < 4.78 is 18.6. The summed E-state index contributed by atoms with van der Waals surface area (Å²) in [5.41, 5.74) is -0.198. The van der Waals surface area contributed by atoms with Crippen LogP contribution < -0.4 is 5.56 Å². The maximum Gasteiger partial charge on any atom is 0.263 e. The van der Waals surface area contributed by atoms with Gasteiger partial charge in [-0.05, 0) is 45.8 Å². The highest BCUT2D eigenvalue weighted by atomic mass is 79.9. The molecule has 0 amide bonds. The molecule has 21 heavy (non-hydrogen) atoms. The van der Waals surface area contributed by atoms with Crippen molar-refractivity contribution in [2.75, 3.05) is 0 Å². The van der Waals surface area contributed by atoms with Gasteiger partial charge in [0.25, 0.3) is 5.56 Å². The first-order chi connectivity index (χ1) is 10.0. The fourth-order valence-corrected chi connectivity index (χ4v) is 2.20. The Labute approximate surface area is 126 Å². The number of hydrogen-bond acceptors (Lipinski definition) is 4. The molecule has 0 spiro atoms. The first-order valence-corrected chi connectivity index (χ1v) is 6.69. The van der Waals surface area contributed by atoms with Gasteiger partial charge >= 0.3 is 0 Å². The Bertz CT molecular complexity index is 855. The largest absolute Gasteiger partial charge is 0.493 e. The Morgan fingerprint density at radius 2 is 1.90 bits per heavy atom. The minimum atomic E-state index is -0.545. The molecule has 0 atom stereocenters. The van der Waals surface area contributed by atoms with Crippen LogP contribution in [0.5, 0.6) is 5.88 Å². The summed E-state index contributed by atoms with van der Waals surface area (Å²) in [6.45, 7) is 0. The third-order valence-electron chi connectivity index (χ3n) is 2.84. The first-order valence-electron chi connectivity index (χ1n) is 5.89. The van der Waals surface area contributed by atoms with Crippen LogP contribution in [0.4, 0.5) is 4.39 Å². The molecule has 0 bridgehead atoms. The van der Waals surface area contributed by atoms with Crippen molar-refractivity contribution in [3.8, 4) is 28.6 Å². The van der Waals surface area contributed by atoms with Gasteiger partial charge in [-0.25, -0.2) is 4.39 Å². The molecule has 0 aliphatic carbocycles. The zero-order valence-corrected chi connectivity index (χ0v) is 12.0. The van der Waals surface area contributed by atoms with Crippen LogP contribution in [-0.4, -0.2) is 15.1 Å². The van der Waals surface area contributed by atoms with Gasteiger partial charge in [-0.15, -0.1) is 0 Å². The number of hydrogen-bond donors (Lipinski definition) is 2. The Hall–Kier alpha value is -2.41. The Morgan fingerprint density at radius 3 is 2.48 bits per heavy atom. The number of halogens is 2. The van der Waals surface area contributed by atoms with E-state index < -0.39 is 17.3 Å². The lowest BCUT2D eigenvalue weighted by Crippen LogP contribution is -2.11. The summed E-state index contributed by atoms with van der Waals surface area (Å²) in [6.07, 6.45) is 0. The molecule has 0 fully saturated rings. The summed E-state index contributed by atoms with van der Waals surface area (Å²) >= 11 is 3.14. The van der Waals surface area contributed by atoms with E-state index in [2.05, 4.69) is 25.9 Å². The molecule has 5 nitrogen and oxygen atoms in total. The van der Waals surface area contributed by atoms with E-state index in [1.165, 1.54) is 24.3 Å². The molecular weight excluding hydrogens is 343 g/mol. The summed E-state index contributed by atoms with van der Waals surface area (Å²) in [4.78, 5) is 18.6. The van der Waals surface area contributed by atoms with Gasteiger partial charge in [-0.3, -0.25) is 4.79 Å². The van der Waals surface area contributed by atoms with E-state index in [4.69, 9.17) is 4.42 Å². The number of furan rings is 1. The molecule has 3 rings (SSSR count). The van der Waals surface area contributed by atoms with Gasteiger partial charge in [0, 0.05) is 0 Å². The number of aromatic hydroxyl groups is 1. The fraction of sp³-hybridized carbons (Fsp3) is 0. The molecule has 3 aromatic rings. The number of nitrogens with zero attached hydrogens (tertiary/aromatic N) is 1. The van der Waals surface area contributed by atoms with Crippen molar-refractivity contribution >= 4 is 15.9 Å². The molecule has 2 heterocycles. The van der Waals surface area contributed by atoms with E-state index in [-0.39, 0.29) is 11.4 Å². The zero-order chi connectivity index (χ0) is 15.0. The third kappa shape index (κ3) is 2.59. The van der Waals surface area contributed by atoms with Crippen molar-refractivity contribution in [3.63, 3.8) is 0 Å². The first kappa shape index (κ1) is 13.6. The van der Waals surface area contributed by atoms with Crippen molar-refractivity contribution in [1.29, 1.82) is 0 Å². The van der Waals surface area contributed by atoms with E-state index >= 15 is 0 Å². The van der Waals surface area contributed by atoms with Crippen molar-refractivity contribution in [2.45, 2.75) is 0 Å². The molecule has 106 valence electrons. The predicted molar refractivity (Wildman–Crippen MR) is 77.3 cm³/mol. The van der Waals surface area contributed by atoms with Crippen LogP contribution in [0.25, 0.3) is 22.7 Å². The highest BCUT2D eigenvalue weighted by Crippen LogP contribution is 2.27. The van der Waals surface area contributed by atoms with Gasteiger partial charge < -0.3 is 14.5 Å². The quantitative estimate of drug-likeness (QED) is 0.743. The van der Waals surface area contributed by atoms with Crippen LogP contribution in [0.2, 0.25) is 0 Å². The summed E-state index contributed by atoms with van der Waals surface area (Å²) in [6, 6.07) is 8.42. The van der Waals surface area contributed by atoms with Gasteiger partial charge in [0.2, 0.25) is 5.88 Å². The number of rotatable bonds is 2. The van der Waals surface area contributed by atoms with Crippen molar-refractivity contribution in [1.82, 2.24) is 9.97 Å². The number of H-pyrrole nitrogens is 1. The molecule has 0 radical (unpaired) electrons. The van der Waals surface area contributed by atoms with Crippen LogP contribution in [0.3, 0.4) is 0 Å². The number of aromatic amines is 1. The minimum absolute atomic E-state index is 0.0237. The van der Waals surface area contributed by atoms with Crippen molar-refractivity contribution in [2.24, 2.45) is 0 Å².